The summed E-state index contributed by atoms with van der Waals surface area (Å²) in [6.45, 7) is 8.24. The molecule has 4 heteroatoms. The Morgan fingerprint density at radius 1 is 1.04 bits per heavy atom. The highest BCUT2D eigenvalue weighted by Crippen LogP contribution is 2.18. The minimum atomic E-state index is 0.144. The number of nitrogen functional groups attached to an aromatic ring is 1. The monoisotopic (exact) mass is 323 g/mol. The van der Waals surface area contributed by atoms with E-state index in [-0.39, 0.29) is 5.78 Å². The van der Waals surface area contributed by atoms with E-state index in [2.05, 4.69) is 41.0 Å². The number of Topliss-reactive ketones (excluding diaryl/α,β-unsaturated/α-hetero) is 1. The van der Waals surface area contributed by atoms with Crippen LogP contribution in [0.4, 0.5) is 11.4 Å². The third-order valence-corrected chi connectivity index (χ3v) is 4.71. The third kappa shape index (κ3) is 3.77. The van der Waals surface area contributed by atoms with Crippen LogP contribution in [-0.4, -0.2) is 43.4 Å². The predicted octanol–water partition coefficient (Wildman–Crippen LogP) is 2.89. The second kappa shape index (κ2) is 7.05. The maximum absolute atomic E-state index is 12.5. The van der Waals surface area contributed by atoms with Crippen LogP contribution in [0.1, 0.15) is 21.5 Å². The van der Waals surface area contributed by atoms with E-state index in [9.17, 15) is 4.79 Å². The van der Waals surface area contributed by atoms with Gasteiger partial charge in [0, 0.05) is 43.1 Å². The minimum Gasteiger partial charge on any atom is -0.398 e. The molecule has 1 aliphatic rings. The Morgan fingerprint density at radius 2 is 1.79 bits per heavy atom. The zero-order valence-electron chi connectivity index (χ0n) is 14.5. The number of benzene rings is 2. The van der Waals surface area contributed by atoms with Gasteiger partial charge in [-0.25, -0.2) is 0 Å². The first-order chi connectivity index (χ1) is 11.5. The van der Waals surface area contributed by atoms with Crippen LogP contribution >= 0.6 is 0 Å². The number of anilines is 2. The summed E-state index contributed by atoms with van der Waals surface area (Å²) in [4.78, 5) is 17.1. The van der Waals surface area contributed by atoms with E-state index in [0.29, 0.717) is 17.8 Å². The smallest absolute Gasteiger partial charge is 0.176 e. The van der Waals surface area contributed by atoms with Crippen LogP contribution in [0.5, 0.6) is 0 Å². The summed E-state index contributed by atoms with van der Waals surface area (Å²) in [5.74, 6) is 0.144. The first-order valence-corrected chi connectivity index (χ1v) is 8.46. The van der Waals surface area contributed by atoms with Crippen molar-refractivity contribution >= 4 is 17.2 Å². The lowest BCUT2D eigenvalue weighted by molar-refractivity contribution is 0.0926. The summed E-state index contributed by atoms with van der Waals surface area (Å²) < 4.78 is 0. The molecule has 4 nitrogen and oxygen atoms in total. The van der Waals surface area contributed by atoms with Gasteiger partial charge in [-0.15, -0.1) is 0 Å². The number of carbonyl (C=O) groups excluding carboxylic acids is 1. The first-order valence-electron chi connectivity index (χ1n) is 8.46. The number of hydrogen-bond acceptors (Lipinski definition) is 4. The second-order valence-electron chi connectivity index (χ2n) is 6.60. The molecule has 2 aromatic rings. The lowest BCUT2D eigenvalue weighted by Crippen LogP contribution is -2.48. The fourth-order valence-corrected chi connectivity index (χ4v) is 3.10. The predicted molar refractivity (Wildman–Crippen MR) is 99.8 cm³/mol. The van der Waals surface area contributed by atoms with Gasteiger partial charge >= 0.3 is 0 Å². The molecule has 3 rings (SSSR count). The van der Waals surface area contributed by atoms with Gasteiger partial charge in [-0.3, -0.25) is 9.69 Å². The topological polar surface area (TPSA) is 49.6 Å². The molecule has 0 amide bonds. The van der Waals surface area contributed by atoms with Gasteiger partial charge in [0.2, 0.25) is 0 Å². The van der Waals surface area contributed by atoms with Crippen molar-refractivity contribution in [2.24, 2.45) is 0 Å². The molecule has 1 saturated heterocycles. The number of hydrogen-bond donors (Lipinski definition) is 1. The highest BCUT2D eigenvalue weighted by atomic mass is 16.1. The zero-order chi connectivity index (χ0) is 17.1. The number of nitrogens with two attached hydrogens (primary N) is 1. The van der Waals surface area contributed by atoms with Gasteiger partial charge in [-0.1, -0.05) is 24.3 Å². The van der Waals surface area contributed by atoms with E-state index in [0.717, 1.165) is 31.7 Å². The number of rotatable bonds is 4. The molecule has 0 saturated carbocycles. The third-order valence-electron chi connectivity index (χ3n) is 4.71. The Labute approximate surface area is 143 Å². The van der Waals surface area contributed by atoms with Crippen molar-refractivity contribution in [3.8, 4) is 0 Å². The van der Waals surface area contributed by atoms with E-state index in [1.54, 1.807) is 6.07 Å². The fourth-order valence-electron chi connectivity index (χ4n) is 3.10. The van der Waals surface area contributed by atoms with Crippen molar-refractivity contribution < 1.29 is 4.79 Å². The molecule has 1 fully saturated rings. The van der Waals surface area contributed by atoms with Crippen molar-refractivity contribution in [1.29, 1.82) is 0 Å². The number of ketones is 1. The van der Waals surface area contributed by atoms with Crippen molar-refractivity contribution in [3.05, 3.63) is 59.2 Å². The molecule has 2 N–H and O–H groups in total. The van der Waals surface area contributed by atoms with Gasteiger partial charge < -0.3 is 10.6 Å². The van der Waals surface area contributed by atoms with Crippen LogP contribution in [0.25, 0.3) is 0 Å². The Bertz CT molecular complexity index is 733. The highest BCUT2D eigenvalue weighted by molar-refractivity contribution is 5.98. The lowest BCUT2D eigenvalue weighted by atomic mass is 10.1. The molecular formula is C20H25N3O. The molecule has 0 radical (unpaired) electrons. The van der Waals surface area contributed by atoms with Crippen molar-refractivity contribution in [2.45, 2.75) is 13.8 Å². The molecule has 0 aliphatic carbocycles. The standard InChI is InChI=1S/C20H25N3O/c1-15-4-3-5-18(12-15)23-10-8-22(9-11-23)14-20(24)17-7-6-16(2)19(21)13-17/h3-7,12-13H,8-11,14,21H2,1-2H3. The van der Waals surface area contributed by atoms with Crippen molar-refractivity contribution in [3.63, 3.8) is 0 Å². The number of carbonyl (C=O) groups is 1. The van der Waals surface area contributed by atoms with Gasteiger partial charge in [-0.05, 0) is 43.2 Å². The van der Waals surface area contributed by atoms with Crippen molar-refractivity contribution in [1.82, 2.24) is 4.90 Å². The molecule has 0 atom stereocenters. The minimum absolute atomic E-state index is 0.144. The van der Waals surface area contributed by atoms with Gasteiger partial charge in [0.15, 0.2) is 5.78 Å². The molecule has 0 bridgehead atoms. The van der Waals surface area contributed by atoms with E-state index in [1.165, 1.54) is 11.3 Å². The summed E-state index contributed by atoms with van der Waals surface area (Å²) in [7, 11) is 0. The van der Waals surface area contributed by atoms with Crippen LogP contribution in [0.2, 0.25) is 0 Å². The van der Waals surface area contributed by atoms with Gasteiger partial charge in [0.25, 0.3) is 0 Å². The second-order valence-corrected chi connectivity index (χ2v) is 6.60. The lowest BCUT2D eigenvalue weighted by Gasteiger charge is -2.35. The molecule has 2 aromatic carbocycles. The summed E-state index contributed by atoms with van der Waals surface area (Å²) >= 11 is 0. The number of piperazine rings is 1. The summed E-state index contributed by atoms with van der Waals surface area (Å²) in [6, 6.07) is 14.2. The highest BCUT2D eigenvalue weighted by Gasteiger charge is 2.20. The zero-order valence-corrected chi connectivity index (χ0v) is 14.5. The van der Waals surface area contributed by atoms with E-state index in [4.69, 9.17) is 5.73 Å². The van der Waals surface area contributed by atoms with E-state index >= 15 is 0 Å². The molecule has 1 aliphatic heterocycles. The molecule has 0 aromatic heterocycles. The molecule has 1 heterocycles. The maximum Gasteiger partial charge on any atom is 0.176 e. The molecule has 0 unspecified atom stereocenters. The molecule has 0 spiro atoms. The number of aryl methyl sites for hydroxylation is 2. The molecule has 24 heavy (non-hydrogen) atoms. The average molecular weight is 323 g/mol. The molecule has 126 valence electrons. The molecular weight excluding hydrogens is 298 g/mol. The summed E-state index contributed by atoms with van der Waals surface area (Å²) in [5.41, 5.74) is 10.9. The number of nitrogens with zero attached hydrogens (tertiary/aromatic N) is 2. The average Bonchev–Trinajstić information content (AvgIpc) is 2.58. The Kier molecular flexibility index (Phi) is 4.86. The van der Waals surface area contributed by atoms with Gasteiger partial charge in [0.1, 0.15) is 0 Å². The van der Waals surface area contributed by atoms with Gasteiger partial charge in [-0.2, -0.15) is 0 Å². The van der Waals surface area contributed by atoms with E-state index < -0.39 is 0 Å². The quantitative estimate of drug-likeness (QED) is 0.694. The summed E-state index contributed by atoms with van der Waals surface area (Å²) in [5, 5.41) is 0. The Balaban J connectivity index is 1.57. The van der Waals surface area contributed by atoms with Crippen LogP contribution in [0.15, 0.2) is 42.5 Å². The van der Waals surface area contributed by atoms with Crippen molar-refractivity contribution in [2.75, 3.05) is 43.4 Å². The largest absolute Gasteiger partial charge is 0.398 e. The van der Waals surface area contributed by atoms with Crippen LogP contribution in [0.3, 0.4) is 0 Å². The normalized spacial score (nSPS) is 15.5. The van der Waals surface area contributed by atoms with Crippen LogP contribution in [0, 0.1) is 13.8 Å². The summed E-state index contributed by atoms with van der Waals surface area (Å²) in [6.07, 6.45) is 0. The van der Waals surface area contributed by atoms with Gasteiger partial charge in [0.05, 0.1) is 6.54 Å². The SMILES string of the molecule is Cc1cccc(N2CCN(CC(=O)c3ccc(C)c(N)c3)CC2)c1. The fraction of sp³-hybridized carbons (Fsp3) is 0.350. The maximum atomic E-state index is 12.5. The van der Waals surface area contributed by atoms with E-state index in [1.807, 2.05) is 19.1 Å². The first kappa shape index (κ1) is 16.5. The Hall–Kier alpha value is -2.33. The Morgan fingerprint density at radius 3 is 2.46 bits per heavy atom. The van der Waals surface area contributed by atoms with Crippen LogP contribution < -0.4 is 10.6 Å². The van der Waals surface area contributed by atoms with Crippen LogP contribution in [-0.2, 0) is 0 Å².